The first-order valence-electron chi connectivity index (χ1n) is 3.71. The first-order chi connectivity index (χ1) is 6.09. The quantitative estimate of drug-likeness (QED) is 0.676. The molecule has 68 valence electrons. The molecule has 0 N–H and O–H groups in total. The van der Waals surface area contributed by atoms with E-state index in [-0.39, 0.29) is 5.03 Å². The Morgan fingerprint density at radius 1 is 1.38 bits per heavy atom. The second kappa shape index (κ2) is 2.56. The van der Waals surface area contributed by atoms with Crippen LogP contribution >= 0.6 is 0 Å². The van der Waals surface area contributed by atoms with Crippen LogP contribution in [0.2, 0.25) is 0 Å². The molecule has 0 bridgehead atoms. The molecule has 0 radical (unpaired) electrons. The molecule has 0 aromatic carbocycles. The van der Waals surface area contributed by atoms with Gasteiger partial charge in [0.2, 0.25) is 0 Å². The summed E-state index contributed by atoms with van der Waals surface area (Å²) in [7, 11) is -3.22. The summed E-state index contributed by atoms with van der Waals surface area (Å²) < 4.78 is 24.1. The van der Waals surface area contributed by atoms with Crippen molar-refractivity contribution in [1.29, 1.82) is 0 Å². The fraction of sp³-hybridized carbons (Fsp3) is 0.125. The number of hydrogen-bond donors (Lipinski definition) is 0. The van der Waals surface area contributed by atoms with E-state index in [1.54, 1.807) is 22.7 Å². The van der Waals surface area contributed by atoms with E-state index < -0.39 is 9.84 Å². The summed E-state index contributed by atoms with van der Waals surface area (Å²) in [6, 6.07) is 5.33. The van der Waals surface area contributed by atoms with Gasteiger partial charge < -0.3 is 4.40 Å². The van der Waals surface area contributed by atoms with Crippen LogP contribution in [-0.2, 0) is 9.84 Å². The van der Waals surface area contributed by atoms with Gasteiger partial charge in [0, 0.05) is 12.5 Å². The van der Waals surface area contributed by atoms with E-state index in [0.29, 0.717) is 5.52 Å². The maximum Gasteiger partial charge on any atom is 0.194 e. The average Bonchev–Trinajstić information content (AvgIpc) is 2.45. The van der Waals surface area contributed by atoms with Crippen LogP contribution in [0.5, 0.6) is 0 Å². The fourth-order valence-corrected chi connectivity index (χ4v) is 2.00. The molecule has 0 saturated carbocycles. The minimum Gasteiger partial charge on any atom is -0.305 e. The van der Waals surface area contributed by atoms with Crippen molar-refractivity contribution in [2.24, 2.45) is 0 Å². The molecule has 0 fully saturated rings. The van der Waals surface area contributed by atoms with Crippen LogP contribution in [-0.4, -0.2) is 24.1 Å². The van der Waals surface area contributed by atoms with Crippen LogP contribution in [0.4, 0.5) is 0 Å². The summed E-state index contributed by atoms with van der Waals surface area (Å²) in [4.78, 5) is 3.84. The molecule has 0 aliphatic heterocycles. The Kier molecular flexibility index (Phi) is 1.63. The van der Waals surface area contributed by atoms with Crippen LogP contribution in [0.3, 0.4) is 0 Å². The van der Waals surface area contributed by atoms with E-state index in [2.05, 4.69) is 4.98 Å². The molecular formula is C8H8N2O2S. The first kappa shape index (κ1) is 8.25. The topological polar surface area (TPSA) is 51.4 Å². The minimum absolute atomic E-state index is 0.133. The Morgan fingerprint density at radius 2 is 2.15 bits per heavy atom. The van der Waals surface area contributed by atoms with Gasteiger partial charge in [0.15, 0.2) is 14.9 Å². The van der Waals surface area contributed by atoms with Crippen LogP contribution < -0.4 is 0 Å². The maximum atomic E-state index is 11.2. The Hall–Kier alpha value is -1.36. The molecule has 5 heteroatoms. The number of imidazole rings is 1. The molecule has 2 aromatic heterocycles. The van der Waals surface area contributed by atoms with Crippen molar-refractivity contribution in [2.45, 2.75) is 5.03 Å². The van der Waals surface area contributed by atoms with Crippen molar-refractivity contribution < 1.29 is 8.42 Å². The lowest BCUT2D eigenvalue weighted by Gasteiger charge is -1.93. The van der Waals surface area contributed by atoms with Crippen molar-refractivity contribution in [1.82, 2.24) is 9.38 Å². The molecule has 0 unspecified atom stereocenters. The summed E-state index contributed by atoms with van der Waals surface area (Å²) in [6.07, 6.45) is 4.41. The van der Waals surface area contributed by atoms with E-state index >= 15 is 0 Å². The smallest absolute Gasteiger partial charge is 0.194 e. The monoisotopic (exact) mass is 196 g/mol. The van der Waals surface area contributed by atoms with Crippen molar-refractivity contribution in [3.8, 4) is 0 Å². The normalized spacial score (nSPS) is 12.1. The second-order valence-corrected chi connectivity index (χ2v) is 4.75. The molecule has 2 rings (SSSR count). The molecule has 0 spiro atoms. The highest BCUT2D eigenvalue weighted by molar-refractivity contribution is 7.90. The van der Waals surface area contributed by atoms with E-state index in [1.165, 1.54) is 6.33 Å². The molecule has 2 heterocycles. The molecule has 0 atom stereocenters. The summed E-state index contributed by atoms with van der Waals surface area (Å²) in [5.41, 5.74) is 0.616. The predicted molar refractivity (Wildman–Crippen MR) is 48.3 cm³/mol. The highest BCUT2D eigenvalue weighted by atomic mass is 32.2. The number of rotatable bonds is 1. The Balaban J connectivity index is 2.87. The van der Waals surface area contributed by atoms with Gasteiger partial charge in [-0.2, -0.15) is 0 Å². The number of aromatic nitrogens is 2. The number of fused-ring (bicyclic) bond motifs is 1. The van der Waals surface area contributed by atoms with Gasteiger partial charge in [0.25, 0.3) is 0 Å². The molecule has 0 aliphatic rings. The van der Waals surface area contributed by atoms with Crippen LogP contribution in [0, 0.1) is 0 Å². The zero-order chi connectivity index (χ0) is 9.47. The average molecular weight is 196 g/mol. The lowest BCUT2D eigenvalue weighted by Crippen LogP contribution is -1.97. The molecule has 0 amide bonds. The van der Waals surface area contributed by atoms with Crippen LogP contribution in [0.1, 0.15) is 0 Å². The van der Waals surface area contributed by atoms with Gasteiger partial charge in [0.05, 0.1) is 5.52 Å². The van der Waals surface area contributed by atoms with Gasteiger partial charge in [-0.1, -0.05) is 6.07 Å². The third kappa shape index (κ3) is 1.31. The van der Waals surface area contributed by atoms with E-state index in [9.17, 15) is 8.42 Å². The molecule has 13 heavy (non-hydrogen) atoms. The largest absolute Gasteiger partial charge is 0.305 e. The van der Waals surface area contributed by atoms with Gasteiger partial charge in [-0.25, -0.2) is 13.4 Å². The van der Waals surface area contributed by atoms with Gasteiger partial charge in [-0.3, -0.25) is 0 Å². The Bertz CT molecular complexity index is 542. The third-order valence-electron chi connectivity index (χ3n) is 1.76. The number of sulfone groups is 1. The maximum absolute atomic E-state index is 11.2. The summed E-state index contributed by atoms with van der Waals surface area (Å²) in [6.45, 7) is 0. The number of pyridine rings is 1. The first-order valence-corrected chi connectivity index (χ1v) is 5.60. The zero-order valence-electron chi connectivity index (χ0n) is 7.01. The van der Waals surface area contributed by atoms with Crippen molar-refractivity contribution in [2.75, 3.05) is 6.26 Å². The van der Waals surface area contributed by atoms with Crippen LogP contribution in [0.25, 0.3) is 5.52 Å². The minimum atomic E-state index is -3.22. The van der Waals surface area contributed by atoms with Gasteiger partial charge in [0.1, 0.15) is 6.33 Å². The van der Waals surface area contributed by atoms with Crippen molar-refractivity contribution >= 4 is 15.4 Å². The van der Waals surface area contributed by atoms with E-state index in [0.717, 1.165) is 6.26 Å². The lowest BCUT2D eigenvalue weighted by atomic mass is 10.4. The molecule has 0 aliphatic carbocycles. The standard InChI is InChI=1S/C8H8N2O2S/c1-13(11,12)8-7-4-2-3-5-10(7)6-9-8/h2-6H,1H3. The van der Waals surface area contributed by atoms with E-state index in [4.69, 9.17) is 0 Å². The van der Waals surface area contributed by atoms with Crippen LogP contribution in [0.15, 0.2) is 35.7 Å². The molecule has 2 aromatic rings. The Labute approximate surface area is 75.8 Å². The van der Waals surface area contributed by atoms with Crippen molar-refractivity contribution in [3.05, 3.63) is 30.7 Å². The summed E-state index contributed by atoms with van der Waals surface area (Å²) >= 11 is 0. The number of hydrogen-bond acceptors (Lipinski definition) is 3. The predicted octanol–water partition coefficient (Wildman–Crippen LogP) is 0.738. The third-order valence-corrected chi connectivity index (χ3v) is 2.78. The molecular weight excluding hydrogens is 188 g/mol. The van der Waals surface area contributed by atoms with Gasteiger partial charge in [-0.05, 0) is 12.1 Å². The second-order valence-electron chi connectivity index (χ2n) is 2.82. The van der Waals surface area contributed by atoms with E-state index in [1.807, 2.05) is 6.07 Å². The number of nitrogens with zero attached hydrogens (tertiary/aromatic N) is 2. The molecule has 0 saturated heterocycles. The fourth-order valence-electron chi connectivity index (χ4n) is 1.20. The Morgan fingerprint density at radius 3 is 2.85 bits per heavy atom. The SMILES string of the molecule is CS(=O)(=O)c1ncn2ccccc12. The van der Waals surface area contributed by atoms with Crippen molar-refractivity contribution in [3.63, 3.8) is 0 Å². The zero-order valence-corrected chi connectivity index (χ0v) is 7.82. The highest BCUT2D eigenvalue weighted by Gasteiger charge is 2.13. The summed E-state index contributed by atoms with van der Waals surface area (Å²) in [5.74, 6) is 0. The van der Waals surface area contributed by atoms with Gasteiger partial charge in [-0.15, -0.1) is 0 Å². The lowest BCUT2D eigenvalue weighted by molar-refractivity contribution is 0.600. The highest BCUT2D eigenvalue weighted by Crippen LogP contribution is 2.13. The molecule has 4 nitrogen and oxygen atoms in total. The summed E-state index contributed by atoms with van der Waals surface area (Å²) in [5, 5.41) is 0.133. The van der Waals surface area contributed by atoms with Gasteiger partial charge >= 0.3 is 0 Å².